The monoisotopic (exact) mass is 236 g/mol. The fourth-order valence-corrected chi connectivity index (χ4v) is 2.34. The first kappa shape index (κ1) is 11.8. The number of nitrogens with zero attached hydrogens (tertiary/aromatic N) is 1. The van der Waals surface area contributed by atoms with Crippen LogP contribution in [0, 0.1) is 0 Å². The third-order valence-electron chi connectivity index (χ3n) is 3.14. The van der Waals surface area contributed by atoms with Crippen molar-refractivity contribution in [1.82, 2.24) is 9.97 Å². The molecule has 5 nitrogen and oxygen atoms in total. The molecule has 1 heterocycles. The lowest BCUT2D eigenvalue weighted by Crippen LogP contribution is -2.18. The summed E-state index contributed by atoms with van der Waals surface area (Å²) in [6.07, 6.45) is 5.40. The van der Waals surface area contributed by atoms with E-state index in [0.717, 1.165) is 25.7 Å². The standard InChI is InChI=1S/C12H16N2O3/c15-10-6-9(7-11(16)17)13-12(14-10)8-4-2-1-3-5-8/h6,8H,1-5,7H2,(H,16,17)(H,13,14,15). The maximum atomic E-state index is 11.4. The first-order chi connectivity index (χ1) is 8.15. The van der Waals surface area contributed by atoms with Crippen molar-refractivity contribution in [1.29, 1.82) is 0 Å². The molecule has 0 aliphatic heterocycles. The topological polar surface area (TPSA) is 83.0 Å². The highest BCUT2D eigenvalue weighted by Gasteiger charge is 2.18. The Balaban J connectivity index is 2.24. The summed E-state index contributed by atoms with van der Waals surface area (Å²) in [4.78, 5) is 29.1. The lowest BCUT2D eigenvalue weighted by Gasteiger charge is -2.20. The second-order valence-electron chi connectivity index (χ2n) is 4.53. The average molecular weight is 236 g/mol. The Morgan fingerprint density at radius 2 is 2.12 bits per heavy atom. The Morgan fingerprint density at radius 3 is 2.76 bits per heavy atom. The van der Waals surface area contributed by atoms with Gasteiger partial charge in [-0.05, 0) is 12.8 Å². The van der Waals surface area contributed by atoms with E-state index in [9.17, 15) is 9.59 Å². The van der Waals surface area contributed by atoms with Crippen molar-refractivity contribution >= 4 is 5.97 Å². The molecule has 0 aromatic carbocycles. The largest absolute Gasteiger partial charge is 0.481 e. The molecule has 0 saturated heterocycles. The Hall–Kier alpha value is -1.65. The molecular weight excluding hydrogens is 220 g/mol. The van der Waals surface area contributed by atoms with E-state index >= 15 is 0 Å². The minimum absolute atomic E-state index is 0.191. The van der Waals surface area contributed by atoms with Gasteiger partial charge in [-0.1, -0.05) is 19.3 Å². The van der Waals surface area contributed by atoms with Gasteiger partial charge in [0.05, 0.1) is 12.1 Å². The van der Waals surface area contributed by atoms with Crippen LogP contribution in [0.2, 0.25) is 0 Å². The van der Waals surface area contributed by atoms with Crippen molar-refractivity contribution in [3.8, 4) is 0 Å². The number of aromatic nitrogens is 2. The van der Waals surface area contributed by atoms with Crippen LogP contribution in [-0.4, -0.2) is 21.0 Å². The summed E-state index contributed by atoms with van der Waals surface area (Å²) < 4.78 is 0. The van der Waals surface area contributed by atoms with Crippen molar-refractivity contribution in [3.63, 3.8) is 0 Å². The van der Waals surface area contributed by atoms with Crippen molar-refractivity contribution in [2.75, 3.05) is 0 Å². The highest BCUT2D eigenvalue weighted by molar-refractivity contribution is 5.69. The Bertz CT molecular complexity index is 461. The average Bonchev–Trinajstić information content (AvgIpc) is 2.28. The highest BCUT2D eigenvalue weighted by Crippen LogP contribution is 2.30. The number of carboxylic acids is 1. The zero-order valence-corrected chi connectivity index (χ0v) is 9.61. The van der Waals surface area contributed by atoms with Gasteiger partial charge in [0.15, 0.2) is 0 Å². The number of hydrogen-bond acceptors (Lipinski definition) is 3. The quantitative estimate of drug-likeness (QED) is 0.831. The smallest absolute Gasteiger partial charge is 0.309 e. The number of nitrogens with one attached hydrogen (secondary N) is 1. The van der Waals surface area contributed by atoms with E-state index in [4.69, 9.17) is 5.11 Å². The van der Waals surface area contributed by atoms with Crippen LogP contribution in [0.25, 0.3) is 0 Å². The van der Waals surface area contributed by atoms with Crippen molar-refractivity contribution < 1.29 is 9.90 Å². The van der Waals surface area contributed by atoms with Crippen LogP contribution >= 0.6 is 0 Å². The molecular formula is C12H16N2O3. The normalized spacial score (nSPS) is 16.9. The van der Waals surface area contributed by atoms with Gasteiger partial charge >= 0.3 is 5.97 Å². The number of aliphatic carboxylic acids is 1. The Kier molecular flexibility index (Phi) is 3.56. The summed E-state index contributed by atoms with van der Waals surface area (Å²) in [6, 6.07) is 1.26. The van der Waals surface area contributed by atoms with Gasteiger partial charge in [-0.2, -0.15) is 0 Å². The van der Waals surface area contributed by atoms with Crippen LogP contribution in [0.4, 0.5) is 0 Å². The van der Waals surface area contributed by atoms with Gasteiger partial charge in [0.25, 0.3) is 5.56 Å². The molecule has 1 fully saturated rings. The van der Waals surface area contributed by atoms with Gasteiger partial charge in [-0.3, -0.25) is 9.59 Å². The summed E-state index contributed by atoms with van der Waals surface area (Å²) in [5.41, 5.74) is 0.0960. The van der Waals surface area contributed by atoms with Crippen molar-refractivity contribution in [3.05, 3.63) is 27.9 Å². The van der Waals surface area contributed by atoms with E-state index in [1.54, 1.807) is 0 Å². The van der Waals surface area contributed by atoms with Crippen molar-refractivity contribution in [2.24, 2.45) is 0 Å². The molecule has 1 saturated carbocycles. The molecule has 2 rings (SSSR count). The number of rotatable bonds is 3. The molecule has 0 atom stereocenters. The number of carbonyl (C=O) groups is 1. The van der Waals surface area contributed by atoms with Gasteiger partial charge in [0.2, 0.25) is 0 Å². The van der Waals surface area contributed by atoms with E-state index in [-0.39, 0.29) is 17.9 Å². The zero-order valence-electron chi connectivity index (χ0n) is 9.61. The van der Waals surface area contributed by atoms with E-state index in [2.05, 4.69) is 9.97 Å². The third-order valence-corrected chi connectivity index (χ3v) is 3.14. The van der Waals surface area contributed by atoms with Crippen LogP contribution in [0.1, 0.15) is 49.5 Å². The lowest BCUT2D eigenvalue weighted by atomic mass is 9.88. The van der Waals surface area contributed by atoms with E-state index in [1.165, 1.54) is 12.5 Å². The highest BCUT2D eigenvalue weighted by atomic mass is 16.4. The first-order valence-electron chi connectivity index (χ1n) is 5.97. The second-order valence-corrected chi connectivity index (χ2v) is 4.53. The second kappa shape index (κ2) is 5.12. The Morgan fingerprint density at radius 1 is 1.41 bits per heavy atom. The molecule has 0 unspecified atom stereocenters. The summed E-state index contributed by atoms with van der Waals surface area (Å²) in [6.45, 7) is 0. The molecule has 0 spiro atoms. The lowest BCUT2D eigenvalue weighted by molar-refractivity contribution is -0.136. The molecule has 1 aliphatic rings. The summed E-state index contributed by atoms with van der Waals surface area (Å²) in [5, 5.41) is 8.71. The number of aromatic amines is 1. The van der Waals surface area contributed by atoms with E-state index in [0.29, 0.717) is 11.5 Å². The van der Waals surface area contributed by atoms with Gasteiger partial charge in [-0.25, -0.2) is 4.98 Å². The molecule has 1 aliphatic carbocycles. The summed E-state index contributed by atoms with van der Waals surface area (Å²) in [5.74, 6) is -0.0173. The van der Waals surface area contributed by atoms with Crippen LogP contribution < -0.4 is 5.56 Å². The predicted molar refractivity (Wildman–Crippen MR) is 62.0 cm³/mol. The predicted octanol–water partition coefficient (Wildman–Crippen LogP) is 1.44. The minimum atomic E-state index is -0.960. The van der Waals surface area contributed by atoms with Crippen LogP contribution in [0.3, 0.4) is 0 Å². The van der Waals surface area contributed by atoms with E-state index in [1.807, 2.05) is 0 Å². The van der Waals surface area contributed by atoms with Gasteiger partial charge < -0.3 is 10.1 Å². The fourth-order valence-electron chi connectivity index (χ4n) is 2.34. The molecule has 0 radical (unpaired) electrons. The number of carboxylic acid groups (broad SMARTS) is 1. The molecule has 17 heavy (non-hydrogen) atoms. The summed E-state index contributed by atoms with van der Waals surface area (Å²) >= 11 is 0. The maximum Gasteiger partial charge on any atom is 0.309 e. The van der Waals surface area contributed by atoms with Crippen molar-refractivity contribution in [2.45, 2.75) is 44.4 Å². The SMILES string of the molecule is O=C(O)Cc1cc(=O)[nH]c(C2CCCCC2)n1. The third kappa shape index (κ3) is 3.15. The number of H-pyrrole nitrogens is 1. The van der Waals surface area contributed by atoms with E-state index < -0.39 is 5.97 Å². The first-order valence-corrected chi connectivity index (χ1v) is 5.97. The molecule has 2 N–H and O–H groups in total. The number of hydrogen-bond donors (Lipinski definition) is 2. The Labute approximate surface area is 98.9 Å². The van der Waals surface area contributed by atoms with Crippen LogP contribution in [-0.2, 0) is 11.2 Å². The fraction of sp³-hybridized carbons (Fsp3) is 0.583. The zero-order chi connectivity index (χ0) is 12.3. The van der Waals surface area contributed by atoms with Crippen LogP contribution in [0.15, 0.2) is 10.9 Å². The molecule has 0 amide bonds. The summed E-state index contributed by atoms with van der Waals surface area (Å²) in [7, 11) is 0. The minimum Gasteiger partial charge on any atom is -0.481 e. The maximum absolute atomic E-state index is 11.4. The molecule has 5 heteroatoms. The van der Waals surface area contributed by atoms with Gasteiger partial charge in [0.1, 0.15) is 5.82 Å². The van der Waals surface area contributed by atoms with Gasteiger partial charge in [0, 0.05) is 12.0 Å². The van der Waals surface area contributed by atoms with Gasteiger partial charge in [-0.15, -0.1) is 0 Å². The van der Waals surface area contributed by atoms with Crippen LogP contribution in [0.5, 0.6) is 0 Å². The molecule has 92 valence electrons. The molecule has 1 aromatic heterocycles. The molecule has 0 bridgehead atoms. The molecule has 1 aromatic rings.